The molecule has 0 N–H and O–H groups in total. The molecule has 3 rings (SSSR count). The van der Waals surface area contributed by atoms with Gasteiger partial charge >= 0.3 is 0 Å². The van der Waals surface area contributed by atoms with Gasteiger partial charge in [-0.1, -0.05) is 50.1 Å². The predicted molar refractivity (Wildman–Crippen MR) is 108 cm³/mol. The monoisotopic (exact) mass is 349 g/mol. The predicted octanol–water partition coefficient (Wildman–Crippen LogP) is 4.90. The fourth-order valence-corrected chi connectivity index (χ4v) is 3.58. The van der Waals surface area contributed by atoms with Crippen LogP contribution in [0.5, 0.6) is 0 Å². The fraction of sp³-hybridized carbons (Fsp3) is 0.364. The maximum Gasteiger partial charge on any atom is 0.250 e. The summed E-state index contributed by atoms with van der Waals surface area (Å²) < 4.78 is 3.74. The summed E-state index contributed by atoms with van der Waals surface area (Å²) in [4.78, 5) is 12.2. The summed E-state index contributed by atoms with van der Waals surface area (Å²) >= 11 is 0. The van der Waals surface area contributed by atoms with Crippen LogP contribution in [0, 0.1) is 0 Å². The highest BCUT2D eigenvalue weighted by atomic mass is 16.1. The lowest BCUT2D eigenvalue weighted by Crippen LogP contribution is -2.16. The average Bonchev–Trinajstić information content (AvgIpc) is 3.14. The zero-order valence-electron chi connectivity index (χ0n) is 15.7. The Morgan fingerprint density at radius 3 is 2.73 bits per heavy atom. The van der Waals surface area contributed by atoms with E-state index in [2.05, 4.69) is 22.6 Å². The summed E-state index contributed by atoms with van der Waals surface area (Å²) in [5.74, 6) is 0. The van der Waals surface area contributed by atoms with Gasteiger partial charge in [0.25, 0.3) is 5.56 Å². The smallest absolute Gasteiger partial charge is 0.250 e. The number of hydrogen-bond acceptors (Lipinski definition) is 2. The van der Waals surface area contributed by atoms with Gasteiger partial charge in [0.05, 0.1) is 12.2 Å². The molecule has 0 atom stereocenters. The van der Waals surface area contributed by atoms with E-state index in [9.17, 15) is 4.79 Å². The number of nitrogens with zero attached hydrogens (tertiary/aromatic N) is 3. The second-order valence-corrected chi connectivity index (χ2v) is 7.02. The van der Waals surface area contributed by atoms with E-state index in [-0.39, 0.29) is 5.56 Å². The number of hydrogen-bond donors (Lipinski definition) is 0. The lowest BCUT2D eigenvalue weighted by atomic mass is 9.95. The molecule has 0 bridgehead atoms. The molecule has 2 heterocycles. The van der Waals surface area contributed by atoms with Crippen LogP contribution in [0.4, 0.5) is 0 Å². The molecule has 0 amide bonds. The molecule has 26 heavy (non-hydrogen) atoms. The first-order valence-corrected chi connectivity index (χ1v) is 9.31. The Hall–Kier alpha value is -2.62. The third kappa shape index (κ3) is 3.96. The van der Waals surface area contributed by atoms with Crippen molar-refractivity contribution in [2.24, 2.45) is 7.05 Å². The van der Waals surface area contributed by atoms with E-state index in [1.54, 1.807) is 23.8 Å². The third-order valence-corrected chi connectivity index (χ3v) is 5.11. The molecule has 0 spiro atoms. The number of pyridine rings is 1. The minimum absolute atomic E-state index is 0.0103. The van der Waals surface area contributed by atoms with Crippen molar-refractivity contribution in [3.63, 3.8) is 0 Å². The molecule has 0 aliphatic heterocycles. The normalized spacial score (nSPS) is 16.3. The Bertz CT molecular complexity index is 892. The molecule has 1 fully saturated rings. The van der Waals surface area contributed by atoms with E-state index >= 15 is 0 Å². The molecule has 2 aromatic rings. The van der Waals surface area contributed by atoms with Crippen LogP contribution in [0.1, 0.15) is 50.6 Å². The summed E-state index contributed by atoms with van der Waals surface area (Å²) in [6.07, 6.45) is 19.8. The van der Waals surface area contributed by atoms with Gasteiger partial charge < -0.3 is 4.57 Å². The lowest BCUT2D eigenvalue weighted by Gasteiger charge is -2.21. The van der Waals surface area contributed by atoms with Crippen molar-refractivity contribution >= 4 is 5.57 Å². The van der Waals surface area contributed by atoms with Gasteiger partial charge in [0.2, 0.25) is 0 Å². The summed E-state index contributed by atoms with van der Waals surface area (Å²) in [5, 5.41) is 4.63. The molecule has 1 aliphatic carbocycles. The van der Waals surface area contributed by atoms with Crippen LogP contribution in [0.25, 0.3) is 16.7 Å². The van der Waals surface area contributed by atoms with Crippen LogP contribution < -0.4 is 5.56 Å². The Morgan fingerprint density at radius 2 is 2.00 bits per heavy atom. The van der Waals surface area contributed by atoms with Crippen molar-refractivity contribution in [2.45, 2.75) is 45.1 Å². The van der Waals surface area contributed by atoms with E-state index in [1.165, 1.54) is 32.1 Å². The summed E-state index contributed by atoms with van der Waals surface area (Å²) in [6.45, 7) is 5.71. The van der Waals surface area contributed by atoms with Crippen molar-refractivity contribution < 1.29 is 0 Å². The van der Waals surface area contributed by atoms with Crippen LogP contribution in [-0.4, -0.2) is 14.3 Å². The van der Waals surface area contributed by atoms with Gasteiger partial charge in [-0.3, -0.25) is 9.48 Å². The van der Waals surface area contributed by atoms with Crippen LogP contribution >= 0.6 is 0 Å². The van der Waals surface area contributed by atoms with E-state index in [1.807, 2.05) is 37.5 Å². The first-order chi connectivity index (χ1) is 12.6. The summed E-state index contributed by atoms with van der Waals surface area (Å²) in [5.41, 5.74) is 4.08. The minimum atomic E-state index is -0.0103. The zero-order valence-corrected chi connectivity index (χ0v) is 15.7. The molecule has 0 saturated heterocycles. The minimum Gasteiger partial charge on any atom is -0.318 e. The van der Waals surface area contributed by atoms with Crippen LogP contribution in [0.3, 0.4) is 0 Å². The Kier molecular flexibility index (Phi) is 5.71. The van der Waals surface area contributed by atoms with E-state index in [0.717, 1.165) is 22.3 Å². The molecule has 1 saturated carbocycles. The van der Waals surface area contributed by atoms with Crippen molar-refractivity contribution in [1.29, 1.82) is 0 Å². The number of allylic oxidation sites excluding steroid dienone is 5. The Morgan fingerprint density at radius 1 is 1.23 bits per heavy atom. The highest BCUT2D eigenvalue weighted by molar-refractivity contribution is 5.80. The largest absolute Gasteiger partial charge is 0.318 e. The maximum atomic E-state index is 12.2. The third-order valence-electron chi connectivity index (χ3n) is 5.11. The van der Waals surface area contributed by atoms with Gasteiger partial charge in [-0.05, 0) is 30.9 Å². The summed E-state index contributed by atoms with van der Waals surface area (Å²) in [7, 11) is 1.79. The molecule has 1 aliphatic rings. The molecular weight excluding hydrogens is 322 g/mol. The topological polar surface area (TPSA) is 39.8 Å². The van der Waals surface area contributed by atoms with Crippen molar-refractivity contribution in [3.05, 3.63) is 71.5 Å². The van der Waals surface area contributed by atoms with E-state index in [4.69, 9.17) is 0 Å². The second kappa shape index (κ2) is 8.17. The molecule has 4 nitrogen and oxygen atoms in total. The first kappa shape index (κ1) is 18.2. The summed E-state index contributed by atoms with van der Waals surface area (Å²) in [6, 6.07) is 2.21. The number of aryl methyl sites for hydroxylation is 1. The van der Waals surface area contributed by atoms with Gasteiger partial charge in [0, 0.05) is 36.6 Å². The standard InChI is InChI=1S/C22H27N3O/c1-4-5-7-10-17(2)20-13-22(26)24(3)16-21(20)18-14-23-25(15-18)19-11-8-6-9-12-19/h4-5,7,10,13-16,19H,1,6,8-9,11-12H2,2-3H3/b7-5-,17-10+. The second-order valence-electron chi connectivity index (χ2n) is 7.02. The molecular formula is C22H27N3O. The molecule has 4 heteroatoms. The van der Waals surface area contributed by atoms with Crippen LogP contribution in [0.2, 0.25) is 0 Å². The zero-order chi connectivity index (χ0) is 18.5. The number of rotatable bonds is 5. The average molecular weight is 349 g/mol. The number of aromatic nitrogens is 3. The Balaban J connectivity index is 2.01. The molecule has 2 aromatic heterocycles. The molecule has 0 aromatic carbocycles. The highest BCUT2D eigenvalue weighted by Gasteiger charge is 2.17. The van der Waals surface area contributed by atoms with Gasteiger partial charge in [0.1, 0.15) is 0 Å². The van der Waals surface area contributed by atoms with Crippen LogP contribution in [0.15, 0.2) is 60.3 Å². The Labute approximate surface area is 155 Å². The SMILES string of the molecule is C=C/C=C\C=C(/C)c1cc(=O)n(C)cc1-c1cnn(C2CCCCC2)c1. The molecule has 136 valence electrons. The van der Waals surface area contributed by atoms with Gasteiger partial charge in [0.15, 0.2) is 0 Å². The maximum absolute atomic E-state index is 12.2. The quantitative estimate of drug-likeness (QED) is 0.720. The van der Waals surface area contributed by atoms with Gasteiger partial charge in [-0.15, -0.1) is 0 Å². The van der Waals surface area contributed by atoms with E-state index < -0.39 is 0 Å². The highest BCUT2D eigenvalue weighted by Crippen LogP contribution is 2.31. The molecule has 0 unspecified atom stereocenters. The first-order valence-electron chi connectivity index (χ1n) is 9.31. The van der Waals surface area contributed by atoms with Crippen molar-refractivity contribution in [1.82, 2.24) is 14.3 Å². The molecule has 0 radical (unpaired) electrons. The van der Waals surface area contributed by atoms with Crippen molar-refractivity contribution in [2.75, 3.05) is 0 Å². The van der Waals surface area contributed by atoms with E-state index in [0.29, 0.717) is 6.04 Å². The van der Waals surface area contributed by atoms with Crippen molar-refractivity contribution in [3.8, 4) is 11.1 Å². The lowest BCUT2D eigenvalue weighted by molar-refractivity contribution is 0.329. The fourth-order valence-electron chi connectivity index (χ4n) is 3.58. The van der Waals surface area contributed by atoms with Gasteiger partial charge in [-0.2, -0.15) is 5.10 Å². The van der Waals surface area contributed by atoms with Gasteiger partial charge in [-0.25, -0.2) is 0 Å². The van der Waals surface area contributed by atoms with Crippen LogP contribution in [-0.2, 0) is 7.05 Å².